The van der Waals surface area contributed by atoms with Gasteiger partial charge in [-0.25, -0.2) is 0 Å². The number of aliphatic hydroxyl groups is 2. The Morgan fingerprint density at radius 2 is 1.91 bits per heavy atom. The second-order valence-electron chi connectivity index (χ2n) is 7.85. The predicted octanol–water partition coefficient (Wildman–Crippen LogP) is 2.68. The van der Waals surface area contributed by atoms with Crippen LogP contribution >= 0.6 is 0 Å². The van der Waals surface area contributed by atoms with Gasteiger partial charge in [0.15, 0.2) is 6.10 Å². The molecular weight excluding hydrogens is 425 g/mol. The van der Waals surface area contributed by atoms with Gasteiger partial charge in [-0.15, -0.1) is 0 Å². The molecule has 9 heteroatoms. The van der Waals surface area contributed by atoms with E-state index >= 15 is 0 Å². The summed E-state index contributed by atoms with van der Waals surface area (Å²) in [5.41, 5.74) is -0.504. The molecule has 2 aromatic rings. The third-order valence-corrected chi connectivity index (χ3v) is 5.92. The van der Waals surface area contributed by atoms with Crippen molar-refractivity contribution >= 4 is 23.2 Å². The first-order valence-corrected chi connectivity index (χ1v) is 10.2. The number of anilines is 1. The highest BCUT2D eigenvalue weighted by Crippen LogP contribution is 2.42. The molecule has 3 atom stereocenters. The van der Waals surface area contributed by atoms with Crippen LogP contribution in [0.5, 0.6) is 5.75 Å². The molecule has 170 valence electrons. The zero-order chi connectivity index (χ0) is 23.0. The molecule has 0 spiro atoms. The van der Waals surface area contributed by atoms with Crippen molar-refractivity contribution in [3.8, 4) is 5.75 Å². The van der Waals surface area contributed by atoms with E-state index in [2.05, 4.69) is 5.32 Å². The second kappa shape index (κ2) is 8.57. The lowest BCUT2D eigenvalue weighted by atomic mass is 9.96. The topological polar surface area (TPSA) is 82.0 Å². The maximum atomic E-state index is 13.9. The summed E-state index contributed by atoms with van der Waals surface area (Å²) in [6, 6.07) is 9.28. The van der Waals surface area contributed by atoms with Crippen molar-refractivity contribution in [2.24, 2.45) is 0 Å². The number of aliphatic hydroxyl groups excluding tert-OH is 2. The van der Waals surface area contributed by atoms with Crippen molar-refractivity contribution in [2.75, 3.05) is 25.2 Å². The molecule has 2 aliphatic heterocycles. The van der Waals surface area contributed by atoms with Crippen LogP contribution in [0, 0.1) is 0 Å². The Kier molecular flexibility index (Phi) is 5.98. The summed E-state index contributed by atoms with van der Waals surface area (Å²) < 4.78 is 46.8. The highest BCUT2D eigenvalue weighted by atomic mass is 19.4. The van der Waals surface area contributed by atoms with Gasteiger partial charge in [0.05, 0.1) is 31.0 Å². The maximum absolute atomic E-state index is 13.9. The van der Waals surface area contributed by atoms with Gasteiger partial charge in [-0.3, -0.25) is 4.79 Å². The van der Waals surface area contributed by atoms with Crippen molar-refractivity contribution in [2.45, 2.75) is 30.8 Å². The van der Waals surface area contributed by atoms with Crippen LogP contribution in [0.4, 0.5) is 18.9 Å². The normalized spacial score (nSPS) is 23.6. The Morgan fingerprint density at radius 3 is 2.50 bits per heavy atom. The number of nitrogens with zero attached hydrogens (tertiary/aromatic N) is 1. The summed E-state index contributed by atoms with van der Waals surface area (Å²) in [7, 11) is 1.48. The SMILES string of the molecule is COc1ccc(C2=Cc3c(cccc3C(F)(F)F)N(C3CNC(CO)C3)C(=O)C2O)cc1. The molecule has 6 nitrogen and oxygen atoms in total. The van der Waals surface area contributed by atoms with Crippen molar-refractivity contribution < 1.29 is 32.9 Å². The van der Waals surface area contributed by atoms with E-state index in [4.69, 9.17) is 4.74 Å². The molecule has 1 saturated heterocycles. The number of hydrogen-bond acceptors (Lipinski definition) is 5. The quantitative estimate of drug-likeness (QED) is 0.670. The smallest absolute Gasteiger partial charge is 0.417 e. The number of nitrogens with one attached hydrogen (secondary N) is 1. The van der Waals surface area contributed by atoms with E-state index in [-0.39, 0.29) is 36.0 Å². The van der Waals surface area contributed by atoms with Crippen LogP contribution in [0.1, 0.15) is 23.1 Å². The number of alkyl halides is 3. The zero-order valence-electron chi connectivity index (χ0n) is 17.3. The van der Waals surface area contributed by atoms with Crippen LogP contribution in [-0.2, 0) is 11.0 Å². The van der Waals surface area contributed by atoms with Gasteiger partial charge in [0.2, 0.25) is 0 Å². The third-order valence-electron chi connectivity index (χ3n) is 5.92. The number of carbonyl (C=O) groups excluding carboxylic acids is 1. The fourth-order valence-corrected chi connectivity index (χ4v) is 4.31. The van der Waals surface area contributed by atoms with Gasteiger partial charge in [0.1, 0.15) is 5.75 Å². The Hall–Kier alpha value is -2.88. The summed E-state index contributed by atoms with van der Waals surface area (Å²) in [6.07, 6.45) is -4.72. The van der Waals surface area contributed by atoms with Gasteiger partial charge < -0.3 is 25.2 Å². The number of carbonyl (C=O) groups is 1. The van der Waals surface area contributed by atoms with E-state index < -0.39 is 29.8 Å². The summed E-state index contributed by atoms with van der Waals surface area (Å²) in [5.74, 6) is -0.176. The molecule has 0 radical (unpaired) electrons. The van der Waals surface area contributed by atoms with E-state index in [0.29, 0.717) is 17.7 Å². The average Bonchev–Trinajstić information content (AvgIpc) is 3.22. The number of amides is 1. The van der Waals surface area contributed by atoms with Crippen LogP contribution in [0.15, 0.2) is 42.5 Å². The fraction of sp³-hybridized carbons (Fsp3) is 0.348. The van der Waals surface area contributed by atoms with E-state index in [1.54, 1.807) is 24.3 Å². The molecule has 1 amide bonds. The van der Waals surface area contributed by atoms with Crippen molar-refractivity contribution in [3.63, 3.8) is 0 Å². The van der Waals surface area contributed by atoms with Crippen molar-refractivity contribution in [1.82, 2.24) is 5.32 Å². The maximum Gasteiger partial charge on any atom is 0.417 e. The lowest BCUT2D eigenvalue weighted by Crippen LogP contribution is -2.46. The van der Waals surface area contributed by atoms with Crippen LogP contribution in [0.25, 0.3) is 11.6 Å². The molecule has 0 aromatic heterocycles. The van der Waals surface area contributed by atoms with Gasteiger partial charge in [-0.1, -0.05) is 18.2 Å². The lowest BCUT2D eigenvalue weighted by Gasteiger charge is -2.31. The first-order chi connectivity index (χ1) is 15.2. The number of halogens is 3. The molecular formula is C23H23F3N2O4. The van der Waals surface area contributed by atoms with Gasteiger partial charge in [0, 0.05) is 18.2 Å². The summed E-state index contributed by atoms with van der Waals surface area (Å²) in [4.78, 5) is 14.6. The second-order valence-corrected chi connectivity index (χ2v) is 7.85. The van der Waals surface area contributed by atoms with E-state index in [1.807, 2.05) is 0 Å². The van der Waals surface area contributed by atoms with E-state index in [1.165, 1.54) is 30.2 Å². The van der Waals surface area contributed by atoms with Crippen LogP contribution < -0.4 is 15.0 Å². The molecule has 2 heterocycles. The van der Waals surface area contributed by atoms with Crippen molar-refractivity contribution in [3.05, 3.63) is 59.2 Å². The summed E-state index contributed by atoms with van der Waals surface area (Å²) in [6.45, 7) is 0.128. The molecule has 3 N–H and O–H groups in total. The van der Waals surface area contributed by atoms with Gasteiger partial charge in [-0.05, 0) is 47.9 Å². The molecule has 3 unspecified atom stereocenters. The van der Waals surface area contributed by atoms with Crippen LogP contribution in [0.2, 0.25) is 0 Å². The minimum atomic E-state index is -4.65. The zero-order valence-corrected chi connectivity index (χ0v) is 17.3. The Balaban J connectivity index is 1.89. The van der Waals surface area contributed by atoms with Crippen molar-refractivity contribution in [1.29, 1.82) is 0 Å². The molecule has 2 aromatic carbocycles. The highest BCUT2D eigenvalue weighted by Gasteiger charge is 2.42. The Morgan fingerprint density at radius 1 is 1.19 bits per heavy atom. The van der Waals surface area contributed by atoms with Crippen LogP contribution in [0.3, 0.4) is 0 Å². The van der Waals surface area contributed by atoms with Gasteiger partial charge >= 0.3 is 6.18 Å². The minimum Gasteiger partial charge on any atom is -0.497 e. The highest BCUT2D eigenvalue weighted by molar-refractivity contribution is 6.11. The molecule has 2 aliphatic rings. The largest absolute Gasteiger partial charge is 0.497 e. The third kappa shape index (κ3) is 3.99. The van der Waals surface area contributed by atoms with Crippen LogP contribution in [-0.4, -0.2) is 54.6 Å². The Labute approximate surface area is 182 Å². The summed E-state index contributed by atoms with van der Waals surface area (Å²) >= 11 is 0. The monoisotopic (exact) mass is 448 g/mol. The summed E-state index contributed by atoms with van der Waals surface area (Å²) in [5, 5.41) is 23.5. The van der Waals surface area contributed by atoms with Gasteiger partial charge in [-0.2, -0.15) is 13.2 Å². The number of fused-ring (bicyclic) bond motifs is 1. The molecule has 32 heavy (non-hydrogen) atoms. The predicted molar refractivity (Wildman–Crippen MR) is 113 cm³/mol. The standard InChI is InChI=1S/C23H23F3N2O4/c1-32-16-7-5-13(6-8-16)17-10-18-19(23(24,25)26)3-2-4-20(18)28(22(31)21(17)30)15-9-14(12-29)27-11-15/h2-8,10,14-15,21,27,29-30H,9,11-12H2,1H3. The van der Waals surface area contributed by atoms with Gasteiger partial charge in [0.25, 0.3) is 5.91 Å². The fourth-order valence-electron chi connectivity index (χ4n) is 4.31. The lowest BCUT2D eigenvalue weighted by molar-refractivity contribution is -0.137. The molecule has 0 saturated carbocycles. The molecule has 4 rings (SSSR count). The number of rotatable bonds is 4. The first kappa shape index (κ1) is 22.3. The number of ether oxygens (including phenoxy) is 1. The number of benzene rings is 2. The first-order valence-electron chi connectivity index (χ1n) is 10.2. The van der Waals surface area contributed by atoms with E-state index in [9.17, 15) is 28.2 Å². The molecule has 0 bridgehead atoms. The number of hydrogen-bond donors (Lipinski definition) is 3. The molecule has 0 aliphatic carbocycles. The van der Waals surface area contributed by atoms with E-state index in [0.717, 1.165) is 6.07 Å². The minimum absolute atomic E-state index is 0.0720. The Bertz CT molecular complexity index is 1040. The molecule has 1 fully saturated rings. The number of methoxy groups -OCH3 is 1. The average molecular weight is 448 g/mol.